The molecule has 2 saturated heterocycles. The molecule has 2 aliphatic heterocycles. The second-order valence-corrected chi connectivity index (χ2v) is 14.4. The van der Waals surface area contributed by atoms with Gasteiger partial charge >= 0.3 is 0 Å². The molecule has 4 aromatic heterocycles. The van der Waals surface area contributed by atoms with Crippen molar-refractivity contribution in [2.45, 2.75) is 58.2 Å². The number of pyridine rings is 3. The van der Waals surface area contributed by atoms with E-state index in [4.69, 9.17) is 4.74 Å². The minimum absolute atomic E-state index is 0.0639. The third kappa shape index (κ3) is 6.52. The van der Waals surface area contributed by atoms with Gasteiger partial charge in [0.2, 0.25) is 0 Å². The van der Waals surface area contributed by atoms with Gasteiger partial charge < -0.3 is 24.6 Å². The van der Waals surface area contributed by atoms with E-state index in [0.29, 0.717) is 40.0 Å². The van der Waals surface area contributed by atoms with E-state index in [2.05, 4.69) is 37.1 Å². The van der Waals surface area contributed by atoms with Crippen LogP contribution in [0.4, 0.5) is 21.6 Å². The summed E-state index contributed by atoms with van der Waals surface area (Å²) in [4.78, 5) is 40.9. The summed E-state index contributed by atoms with van der Waals surface area (Å²) in [6.45, 7) is 12.1. The van der Waals surface area contributed by atoms with Gasteiger partial charge in [-0.1, -0.05) is 27.7 Å². The maximum absolute atomic E-state index is 15.4. The van der Waals surface area contributed by atoms with E-state index in [1.807, 2.05) is 39.1 Å². The molecule has 1 unspecified atom stereocenters. The molecule has 0 spiro atoms. The van der Waals surface area contributed by atoms with Crippen LogP contribution in [-0.2, 0) is 23.8 Å². The number of nitrogens with zero attached hydrogens (tertiary/aromatic N) is 7. The number of aryl methyl sites for hydroxylation is 1. The molecule has 0 bridgehead atoms. The van der Waals surface area contributed by atoms with E-state index >= 15 is 4.39 Å². The lowest BCUT2D eigenvalue weighted by Gasteiger charge is -2.47. The normalized spacial score (nSPS) is 17.2. The Labute approximate surface area is 295 Å². The fourth-order valence-corrected chi connectivity index (χ4v) is 6.96. The highest BCUT2D eigenvalue weighted by Crippen LogP contribution is 2.31. The summed E-state index contributed by atoms with van der Waals surface area (Å²) < 4.78 is 23.3. The Morgan fingerprint density at radius 1 is 1.04 bits per heavy atom. The highest BCUT2D eigenvalue weighted by atomic mass is 19.1. The van der Waals surface area contributed by atoms with Gasteiger partial charge in [-0.2, -0.15) is 9.78 Å². The molecule has 2 fully saturated rings. The zero-order valence-corrected chi connectivity index (χ0v) is 29.6. The fourth-order valence-electron chi connectivity index (χ4n) is 6.96. The van der Waals surface area contributed by atoms with Crippen LogP contribution in [0.2, 0.25) is 0 Å². The predicted molar refractivity (Wildman–Crippen MR) is 196 cm³/mol. The number of benzene rings is 1. The van der Waals surface area contributed by atoms with Crippen molar-refractivity contribution in [1.82, 2.24) is 29.2 Å². The molecule has 0 aliphatic carbocycles. The lowest BCUT2D eigenvalue weighted by molar-refractivity contribution is -0.0698. The largest absolute Gasteiger partial charge is 0.392 e. The minimum atomic E-state index is -0.692. The van der Waals surface area contributed by atoms with Crippen molar-refractivity contribution in [2.24, 2.45) is 7.05 Å². The highest BCUT2D eigenvalue weighted by molar-refractivity contribution is 5.83. The summed E-state index contributed by atoms with van der Waals surface area (Å²) in [5.41, 5.74) is 2.16. The number of halogens is 1. The van der Waals surface area contributed by atoms with Gasteiger partial charge in [0.15, 0.2) is 5.82 Å². The van der Waals surface area contributed by atoms with Crippen molar-refractivity contribution in [3.63, 3.8) is 0 Å². The molecule has 0 amide bonds. The Hall–Kier alpha value is -4.98. The quantitative estimate of drug-likeness (QED) is 0.239. The van der Waals surface area contributed by atoms with Gasteiger partial charge in [0, 0.05) is 61.6 Å². The van der Waals surface area contributed by atoms with E-state index in [-0.39, 0.29) is 27.9 Å². The first kappa shape index (κ1) is 34.5. The van der Waals surface area contributed by atoms with E-state index in [1.54, 1.807) is 31.4 Å². The summed E-state index contributed by atoms with van der Waals surface area (Å²) in [7, 11) is 1.64. The molecule has 0 saturated carbocycles. The van der Waals surface area contributed by atoms with Gasteiger partial charge in [0.1, 0.15) is 17.3 Å². The first-order valence-electron chi connectivity index (χ1n) is 17.3. The molecule has 2 N–H and O–H groups in total. The van der Waals surface area contributed by atoms with Gasteiger partial charge in [-0.3, -0.25) is 14.5 Å². The van der Waals surface area contributed by atoms with Crippen LogP contribution in [0.1, 0.15) is 45.2 Å². The SMILES string of the molecule is CCC1CN(C2COC2)CCN1c1ccc(Nc2cc(-c3ccnc(-n4ncc5cc(C(C)(C)C)cc(F)c5c4=O)c3CO)cn(C)c2=O)nc1. The van der Waals surface area contributed by atoms with Crippen molar-refractivity contribution < 1.29 is 14.2 Å². The minimum Gasteiger partial charge on any atom is -0.392 e. The van der Waals surface area contributed by atoms with Crippen molar-refractivity contribution in [3.8, 4) is 16.9 Å². The molecule has 12 nitrogen and oxygen atoms in total. The van der Waals surface area contributed by atoms with Crippen molar-refractivity contribution in [2.75, 3.05) is 43.1 Å². The maximum atomic E-state index is 15.4. The van der Waals surface area contributed by atoms with Crippen LogP contribution in [-0.4, -0.2) is 79.3 Å². The smallest absolute Gasteiger partial charge is 0.283 e. The summed E-state index contributed by atoms with van der Waals surface area (Å²) in [5.74, 6) is -0.0790. The predicted octanol–water partition coefficient (Wildman–Crippen LogP) is 4.51. The molecular formula is C38H43FN8O4. The molecule has 5 aromatic rings. The number of fused-ring (bicyclic) bond motifs is 1. The van der Waals surface area contributed by atoms with Crippen LogP contribution >= 0.6 is 0 Å². The molecule has 51 heavy (non-hydrogen) atoms. The first-order chi connectivity index (χ1) is 24.5. The standard InChI is InChI=1S/C38H43FN8O4/c1-6-26-19-45(28-21-51-22-28)11-12-46(26)27-7-8-33(41-17-27)43-32-14-24(18-44(5)36(32)49)29-9-10-40-35(30(29)20-48)47-37(50)34-23(16-42-47)13-25(15-31(34)39)38(2,3)4/h7-10,13-18,26,28,48H,6,11-12,19-22H2,1-5H3,(H,41,43). The van der Waals surface area contributed by atoms with E-state index < -0.39 is 18.0 Å². The topological polar surface area (TPSA) is 131 Å². The number of hydrogen-bond donors (Lipinski definition) is 2. The zero-order chi connectivity index (χ0) is 36.0. The van der Waals surface area contributed by atoms with Crippen molar-refractivity contribution >= 4 is 28.0 Å². The molecule has 7 rings (SSSR count). The summed E-state index contributed by atoms with van der Waals surface area (Å²) in [5, 5.41) is 18.4. The Kier molecular flexibility index (Phi) is 9.21. The van der Waals surface area contributed by atoms with Crippen LogP contribution in [0.15, 0.2) is 70.8 Å². The van der Waals surface area contributed by atoms with E-state index in [0.717, 1.165) is 55.2 Å². The van der Waals surface area contributed by atoms with E-state index in [9.17, 15) is 14.7 Å². The summed E-state index contributed by atoms with van der Waals surface area (Å²) >= 11 is 0. The third-order valence-corrected chi connectivity index (χ3v) is 10.1. The number of piperazine rings is 1. The zero-order valence-electron chi connectivity index (χ0n) is 29.6. The second-order valence-electron chi connectivity index (χ2n) is 14.4. The fraction of sp³-hybridized carbons (Fsp3) is 0.395. The van der Waals surface area contributed by atoms with Crippen LogP contribution in [0.3, 0.4) is 0 Å². The number of hydrogen-bond acceptors (Lipinski definition) is 10. The summed E-state index contributed by atoms with van der Waals surface area (Å²) in [6.07, 6.45) is 7.42. The third-order valence-electron chi connectivity index (χ3n) is 10.1. The molecule has 2 aliphatic rings. The molecule has 6 heterocycles. The Morgan fingerprint density at radius 2 is 1.84 bits per heavy atom. The molecular weight excluding hydrogens is 651 g/mol. The molecule has 1 atom stereocenters. The molecule has 266 valence electrons. The molecule has 0 radical (unpaired) electrons. The van der Waals surface area contributed by atoms with Crippen molar-refractivity contribution in [1.29, 1.82) is 0 Å². The number of aromatic nitrogens is 5. The van der Waals surface area contributed by atoms with Gasteiger partial charge in [-0.15, -0.1) is 0 Å². The lowest BCUT2D eigenvalue weighted by Crippen LogP contribution is -2.60. The van der Waals surface area contributed by atoms with Gasteiger partial charge in [-0.25, -0.2) is 14.4 Å². The van der Waals surface area contributed by atoms with Gasteiger partial charge in [-0.05, 0) is 59.4 Å². The van der Waals surface area contributed by atoms with E-state index in [1.165, 1.54) is 23.0 Å². The van der Waals surface area contributed by atoms with Crippen molar-refractivity contribution in [3.05, 3.63) is 98.8 Å². The Balaban J connectivity index is 1.18. The summed E-state index contributed by atoms with van der Waals surface area (Å²) in [6, 6.07) is 11.3. The molecule has 13 heteroatoms. The number of aliphatic hydroxyl groups is 1. The number of anilines is 3. The Bertz CT molecular complexity index is 2210. The number of rotatable bonds is 8. The van der Waals surface area contributed by atoms with Crippen LogP contribution in [0.5, 0.6) is 0 Å². The first-order valence-corrected chi connectivity index (χ1v) is 17.3. The number of nitrogens with one attached hydrogen (secondary N) is 1. The lowest BCUT2D eigenvalue weighted by atomic mass is 9.86. The average molecular weight is 695 g/mol. The number of ether oxygens (including phenoxy) is 1. The number of aliphatic hydroxyl groups excluding tert-OH is 1. The molecule has 1 aromatic carbocycles. The monoisotopic (exact) mass is 694 g/mol. The Morgan fingerprint density at radius 3 is 2.51 bits per heavy atom. The van der Waals surface area contributed by atoms with Gasteiger partial charge in [0.25, 0.3) is 11.1 Å². The maximum Gasteiger partial charge on any atom is 0.283 e. The second kappa shape index (κ2) is 13.6. The highest BCUT2D eigenvalue weighted by Gasteiger charge is 2.33. The van der Waals surface area contributed by atoms with Crippen LogP contribution in [0.25, 0.3) is 27.7 Å². The van der Waals surface area contributed by atoms with Crippen LogP contribution in [0, 0.1) is 5.82 Å². The van der Waals surface area contributed by atoms with Crippen LogP contribution < -0.4 is 21.3 Å². The average Bonchev–Trinajstić information content (AvgIpc) is 3.09. The van der Waals surface area contributed by atoms with Gasteiger partial charge in [0.05, 0.1) is 49.3 Å².